The van der Waals surface area contributed by atoms with Gasteiger partial charge in [0.25, 0.3) is 0 Å². The second-order valence-corrected chi connectivity index (χ2v) is 8.91. The van der Waals surface area contributed by atoms with E-state index in [2.05, 4.69) is 62.1 Å². The lowest BCUT2D eigenvalue weighted by molar-refractivity contribution is 0.402. The zero-order valence-electron chi connectivity index (χ0n) is 16.9. The van der Waals surface area contributed by atoms with Crippen molar-refractivity contribution in [3.8, 4) is 0 Å². The Morgan fingerprint density at radius 2 is 1.93 bits per heavy atom. The van der Waals surface area contributed by atoms with Crippen molar-refractivity contribution in [2.45, 2.75) is 64.2 Å². The molecule has 1 aliphatic rings. The van der Waals surface area contributed by atoms with Crippen LogP contribution in [-0.2, 0) is 6.54 Å². The third-order valence-electron chi connectivity index (χ3n) is 5.48. The van der Waals surface area contributed by atoms with Crippen LogP contribution >= 0.6 is 15.9 Å². The number of hydrogen-bond acceptors (Lipinski definition) is 6. The molecule has 0 bridgehead atoms. The Balaban J connectivity index is 1.64. The number of hydrogen-bond donors (Lipinski definition) is 3. The van der Waals surface area contributed by atoms with Gasteiger partial charge in [0, 0.05) is 29.1 Å². The third-order valence-corrected chi connectivity index (χ3v) is 6.01. The number of imidazole rings is 1. The fraction of sp³-hybridized carbons (Fsp3) is 0.476. The largest absolute Gasteiger partial charge is 0.364 e. The molecule has 1 saturated carbocycles. The molecule has 0 unspecified atom stereocenters. The van der Waals surface area contributed by atoms with Crippen molar-refractivity contribution in [1.82, 2.24) is 19.5 Å². The van der Waals surface area contributed by atoms with Gasteiger partial charge < -0.3 is 20.9 Å². The number of nitrogens with zero attached hydrogens (tertiary/aromatic N) is 4. The minimum atomic E-state index is 0.136. The lowest BCUT2D eigenvalue weighted by Crippen LogP contribution is -2.43. The summed E-state index contributed by atoms with van der Waals surface area (Å²) < 4.78 is 3.14. The Morgan fingerprint density at radius 3 is 2.66 bits per heavy atom. The number of fused-ring (bicyclic) bond motifs is 1. The van der Waals surface area contributed by atoms with Gasteiger partial charge in [0.15, 0.2) is 17.0 Å². The van der Waals surface area contributed by atoms with E-state index in [-0.39, 0.29) is 18.1 Å². The van der Waals surface area contributed by atoms with E-state index in [1.54, 1.807) is 0 Å². The van der Waals surface area contributed by atoms with Crippen molar-refractivity contribution in [1.29, 1.82) is 0 Å². The van der Waals surface area contributed by atoms with Gasteiger partial charge in [-0.15, -0.1) is 0 Å². The quantitative estimate of drug-likeness (QED) is 0.505. The predicted molar refractivity (Wildman–Crippen MR) is 121 cm³/mol. The van der Waals surface area contributed by atoms with E-state index in [9.17, 15) is 0 Å². The first-order valence-electron chi connectivity index (χ1n) is 10.3. The number of halogens is 1. The zero-order chi connectivity index (χ0) is 20.4. The second kappa shape index (κ2) is 8.67. The van der Waals surface area contributed by atoms with Crippen LogP contribution in [0, 0.1) is 0 Å². The van der Waals surface area contributed by atoms with Gasteiger partial charge in [-0.2, -0.15) is 9.97 Å². The number of benzene rings is 1. The molecule has 2 heterocycles. The molecular formula is C21H28BrN7. The number of anilines is 2. The minimum Gasteiger partial charge on any atom is -0.364 e. The summed E-state index contributed by atoms with van der Waals surface area (Å²) in [5.74, 6) is 1.35. The molecule has 1 aromatic carbocycles. The van der Waals surface area contributed by atoms with Crippen LogP contribution in [0.1, 0.15) is 51.1 Å². The second-order valence-electron chi connectivity index (χ2n) is 7.99. The zero-order valence-corrected chi connectivity index (χ0v) is 18.5. The van der Waals surface area contributed by atoms with Crippen molar-refractivity contribution in [3.63, 3.8) is 0 Å². The molecule has 0 aliphatic heterocycles. The van der Waals surface area contributed by atoms with Gasteiger partial charge in [-0.3, -0.25) is 0 Å². The summed E-state index contributed by atoms with van der Waals surface area (Å²) in [5.41, 5.74) is 9.12. The Morgan fingerprint density at radius 1 is 1.17 bits per heavy atom. The molecule has 7 nitrogen and oxygen atoms in total. The lowest BCUT2D eigenvalue weighted by Gasteiger charge is -2.29. The van der Waals surface area contributed by atoms with Crippen molar-refractivity contribution in [2.75, 3.05) is 10.6 Å². The first-order chi connectivity index (χ1) is 14.0. The number of aromatic nitrogens is 4. The van der Waals surface area contributed by atoms with Gasteiger partial charge in [-0.25, -0.2) is 4.98 Å². The SMILES string of the molecule is CC(C)n1cnc2c(NCc3ccc(Br)cc3)nc(N[C@@H]3CCCC[C@@H]3N)nc21. The van der Waals surface area contributed by atoms with E-state index < -0.39 is 0 Å². The average molecular weight is 458 g/mol. The molecule has 0 spiro atoms. The summed E-state index contributed by atoms with van der Waals surface area (Å²) in [6.07, 6.45) is 6.31. The van der Waals surface area contributed by atoms with Crippen LogP contribution in [0.25, 0.3) is 11.2 Å². The fourth-order valence-electron chi connectivity index (χ4n) is 3.77. The van der Waals surface area contributed by atoms with E-state index in [0.717, 1.165) is 34.3 Å². The lowest BCUT2D eigenvalue weighted by atomic mass is 9.91. The van der Waals surface area contributed by atoms with Crippen LogP contribution in [0.3, 0.4) is 0 Å². The molecule has 2 atom stereocenters. The number of nitrogens with one attached hydrogen (secondary N) is 2. The van der Waals surface area contributed by atoms with Crippen molar-refractivity contribution in [3.05, 3.63) is 40.6 Å². The first-order valence-corrected chi connectivity index (χ1v) is 11.1. The molecule has 0 amide bonds. The highest BCUT2D eigenvalue weighted by Gasteiger charge is 2.23. The normalized spacial score (nSPS) is 19.6. The van der Waals surface area contributed by atoms with Crippen molar-refractivity contribution < 1.29 is 0 Å². The molecular weight excluding hydrogens is 430 g/mol. The smallest absolute Gasteiger partial charge is 0.227 e. The Bertz CT molecular complexity index is 967. The topological polar surface area (TPSA) is 93.7 Å². The van der Waals surface area contributed by atoms with E-state index in [4.69, 9.17) is 15.7 Å². The van der Waals surface area contributed by atoms with Crippen molar-refractivity contribution in [2.24, 2.45) is 5.73 Å². The Labute approximate surface area is 179 Å². The summed E-state index contributed by atoms with van der Waals surface area (Å²) in [5, 5.41) is 6.94. The van der Waals surface area contributed by atoms with Gasteiger partial charge in [0.05, 0.1) is 6.33 Å². The Kier molecular flexibility index (Phi) is 6.01. The first kappa shape index (κ1) is 20.1. The van der Waals surface area contributed by atoms with Gasteiger partial charge in [0.2, 0.25) is 5.95 Å². The van der Waals surface area contributed by atoms with Gasteiger partial charge in [-0.1, -0.05) is 40.9 Å². The van der Waals surface area contributed by atoms with Crippen LogP contribution in [0.2, 0.25) is 0 Å². The van der Waals surface area contributed by atoms with E-state index in [0.29, 0.717) is 12.5 Å². The Hall–Kier alpha value is -2.19. The monoisotopic (exact) mass is 457 g/mol. The summed E-state index contributed by atoms with van der Waals surface area (Å²) in [6, 6.07) is 8.85. The number of rotatable bonds is 6. The molecule has 1 aliphatic carbocycles. The van der Waals surface area contributed by atoms with E-state index in [1.807, 2.05) is 18.5 Å². The standard InChI is InChI=1S/C21H28BrN7/c1-13(2)29-12-25-18-19(24-11-14-7-9-15(22)10-8-14)27-21(28-20(18)29)26-17-6-4-3-5-16(17)23/h7-10,12-13,16-17H,3-6,11,23H2,1-2H3,(H2,24,26,27,28)/t16-,17+/m0/s1. The fourth-order valence-corrected chi connectivity index (χ4v) is 4.04. The van der Waals surface area contributed by atoms with E-state index >= 15 is 0 Å². The molecule has 0 radical (unpaired) electrons. The highest BCUT2D eigenvalue weighted by Crippen LogP contribution is 2.26. The van der Waals surface area contributed by atoms with Gasteiger partial charge in [0.1, 0.15) is 0 Å². The summed E-state index contributed by atoms with van der Waals surface area (Å²) in [7, 11) is 0. The third kappa shape index (κ3) is 4.53. The summed E-state index contributed by atoms with van der Waals surface area (Å²) in [4.78, 5) is 14.1. The molecule has 29 heavy (non-hydrogen) atoms. The average Bonchev–Trinajstić information content (AvgIpc) is 3.13. The predicted octanol–water partition coefficient (Wildman–Crippen LogP) is 4.46. The van der Waals surface area contributed by atoms with Crippen molar-refractivity contribution >= 4 is 38.9 Å². The van der Waals surface area contributed by atoms with E-state index in [1.165, 1.54) is 18.4 Å². The molecule has 4 rings (SSSR count). The molecule has 0 saturated heterocycles. The van der Waals surface area contributed by atoms with Crippen LogP contribution in [-0.4, -0.2) is 31.6 Å². The maximum atomic E-state index is 6.33. The molecule has 3 aromatic rings. The van der Waals surface area contributed by atoms with Crippen LogP contribution in [0.5, 0.6) is 0 Å². The highest BCUT2D eigenvalue weighted by atomic mass is 79.9. The number of nitrogens with two attached hydrogens (primary N) is 1. The highest BCUT2D eigenvalue weighted by molar-refractivity contribution is 9.10. The minimum absolute atomic E-state index is 0.136. The summed E-state index contributed by atoms with van der Waals surface area (Å²) >= 11 is 3.48. The van der Waals surface area contributed by atoms with Gasteiger partial charge in [-0.05, 0) is 44.4 Å². The molecule has 4 N–H and O–H groups in total. The van der Waals surface area contributed by atoms with Crippen LogP contribution < -0.4 is 16.4 Å². The van der Waals surface area contributed by atoms with Gasteiger partial charge >= 0.3 is 0 Å². The van der Waals surface area contributed by atoms with Crippen LogP contribution in [0.15, 0.2) is 35.1 Å². The maximum Gasteiger partial charge on any atom is 0.227 e. The summed E-state index contributed by atoms with van der Waals surface area (Å²) in [6.45, 7) is 4.92. The maximum absolute atomic E-state index is 6.33. The molecule has 2 aromatic heterocycles. The van der Waals surface area contributed by atoms with Crippen LogP contribution in [0.4, 0.5) is 11.8 Å². The molecule has 8 heteroatoms. The molecule has 1 fully saturated rings. The molecule has 154 valence electrons.